The Morgan fingerprint density at radius 2 is 1.42 bits per heavy atom. The minimum Gasteiger partial charge on any atom is -0.0651 e. The minimum absolute atomic E-state index is 0.461. The highest BCUT2D eigenvalue weighted by Crippen LogP contribution is 2.35. The quantitative estimate of drug-likeness (QED) is 0.590. The second kappa shape index (κ2) is 4.30. The monoisotopic (exact) mass is 170 g/mol. The second-order valence-corrected chi connectivity index (χ2v) is 5.40. The first-order valence-electron chi connectivity index (χ1n) is 5.30. The first-order chi connectivity index (χ1) is 5.30. The van der Waals surface area contributed by atoms with Crippen molar-refractivity contribution in [2.75, 3.05) is 0 Å². The first-order valence-corrected chi connectivity index (χ1v) is 5.30. The van der Waals surface area contributed by atoms with Crippen molar-refractivity contribution in [2.24, 2.45) is 23.2 Å². The van der Waals surface area contributed by atoms with Gasteiger partial charge >= 0.3 is 0 Å². The van der Waals surface area contributed by atoms with Crippen LogP contribution in [0.4, 0.5) is 0 Å². The van der Waals surface area contributed by atoms with Crippen LogP contribution >= 0.6 is 0 Å². The van der Waals surface area contributed by atoms with E-state index in [0.29, 0.717) is 5.41 Å². The maximum atomic E-state index is 2.39. The van der Waals surface area contributed by atoms with Crippen molar-refractivity contribution in [3.8, 4) is 0 Å². The van der Waals surface area contributed by atoms with Gasteiger partial charge in [-0.15, -0.1) is 0 Å². The van der Waals surface area contributed by atoms with E-state index in [1.807, 2.05) is 0 Å². The Morgan fingerprint density at radius 1 is 1.00 bits per heavy atom. The average molecular weight is 170 g/mol. The van der Waals surface area contributed by atoms with E-state index in [2.05, 4.69) is 48.5 Å². The van der Waals surface area contributed by atoms with Gasteiger partial charge in [-0.2, -0.15) is 0 Å². The molecule has 0 aromatic heterocycles. The molecule has 0 amide bonds. The van der Waals surface area contributed by atoms with E-state index in [-0.39, 0.29) is 0 Å². The van der Waals surface area contributed by atoms with Crippen LogP contribution in [0, 0.1) is 23.2 Å². The lowest BCUT2D eigenvalue weighted by Gasteiger charge is -2.35. The molecule has 12 heavy (non-hydrogen) atoms. The molecule has 0 saturated heterocycles. The Bertz CT molecular complexity index is 118. The lowest BCUT2D eigenvalue weighted by molar-refractivity contribution is 0.143. The Kier molecular flexibility index (Phi) is 4.30. The van der Waals surface area contributed by atoms with E-state index in [4.69, 9.17) is 0 Å². The lowest BCUT2D eigenvalue weighted by Crippen LogP contribution is -2.27. The van der Waals surface area contributed by atoms with Gasteiger partial charge in [0.2, 0.25) is 0 Å². The molecular weight excluding hydrogens is 144 g/mol. The van der Waals surface area contributed by atoms with Crippen LogP contribution < -0.4 is 0 Å². The third-order valence-corrected chi connectivity index (χ3v) is 3.70. The Morgan fingerprint density at radius 3 is 1.67 bits per heavy atom. The van der Waals surface area contributed by atoms with Gasteiger partial charge in [-0.1, -0.05) is 54.9 Å². The predicted octanol–water partition coefficient (Wildman–Crippen LogP) is 4.35. The Balaban J connectivity index is 4.19. The average Bonchev–Trinajstić information content (AvgIpc) is 1.98. The van der Waals surface area contributed by atoms with E-state index in [1.165, 1.54) is 6.42 Å². The van der Waals surface area contributed by atoms with Crippen molar-refractivity contribution in [2.45, 2.75) is 54.9 Å². The van der Waals surface area contributed by atoms with Gasteiger partial charge in [0.1, 0.15) is 0 Å². The maximum absolute atomic E-state index is 2.39. The van der Waals surface area contributed by atoms with Crippen LogP contribution in [0.15, 0.2) is 0 Å². The molecule has 0 heteroatoms. The molecule has 0 bridgehead atoms. The summed E-state index contributed by atoms with van der Waals surface area (Å²) in [7, 11) is 0. The summed E-state index contributed by atoms with van der Waals surface area (Å²) < 4.78 is 0. The summed E-state index contributed by atoms with van der Waals surface area (Å²) in [5.74, 6) is 2.52. The zero-order valence-electron chi connectivity index (χ0n) is 9.94. The van der Waals surface area contributed by atoms with E-state index >= 15 is 0 Å². The van der Waals surface area contributed by atoms with Crippen molar-refractivity contribution in [3.63, 3.8) is 0 Å². The van der Waals surface area contributed by atoms with Crippen LogP contribution in [-0.4, -0.2) is 0 Å². The standard InChI is InChI=1S/C12H26/c1-8-9(2)10(3)11(4)12(5,6)7/h9-11H,8H2,1-7H3. The number of hydrogen-bond donors (Lipinski definition) is 0. The van der Waals surface area contributed by atoms with Crippen molar-refractivity contribution < 1.29 is 0 Å². The summed E-state index contributed by atoms with van der Waals surface area (Å²) in [4.78, 5) is 0. The summed E-state index contributed by atoms with van der Waals surface area (Å²) in [5, 5.41) is 0. The highest BCUT2D eigenvalue weighted by Gasteiger charge is 2.27. The zero-order valence-corrected chi connectivity index (χ0v) is 9.94. The number of hydrogen-bond acceptors (Lipinski definition) is 0. The zero-order chi connectivity index (χ0) is 9.94. The molecule has 0 rings (SSSR count). The van der Waals surface area contributed by atoms with Gasteiger partial charge in [0.15, 0.2) is 0 Å². The van der Waals surface area contributed by atoms with Crippen molar-refractivity contribution in [3.05, 3.63) is 0 Å². The summed E-state index contributed by atoms with van der Waals surface area (Å²) in [5.41, 5.74) is 0.461. The summed E-state index contributed by atoms with van der Waals surface area (Å²) in [6.45, 7) is 16.5. The van der Waals surface area contributed by atoms with Gasteiger partial charge in [-0.3, -0.25) is 0 Å². The van der Waals surface area contributed by atoms with Gasteiger partial charge < -0.3 is 0 Å². The normalized spacial score (nSPS) is 20.2. The Labute approximate surface area is 78.8 Å². The molecule has 3 atom stereocenters. The summed E-state index contributed by atoms with van der Waals surface area (Å²) >= 11 is 0. The van der Waals surface area contributed by atoms with E-state index in [1.54, 1.807) is 0 Å². The molecule has 0 radical (unpaired) electrons. The van der Waals surface area contributed by atoms with Crippen LogP contribution in [0.1, 0.15) is 54.9 Å². The maximum Gasteiger partial charge on any atom is -0.0354 e. The highest BCUT2D eigenvalue weighted by molar-refractivity contribution is 4.77. The number of rotatable bonds is 3. The van der Waals surface area contributed by atoms with Gasteiger partial charge in [-0.25, -0.2) is 0 Å². The van der Waals surface area contributed by atoms with Crippen molar-refractivity contribution in [1.82, 2.24) is 0 Å². The fourth-order valence-electron chi connectivity index (χ4n) is 1.65. The lowest BCUT2D eigenvalue weighted by atomic mass is 9.70. The molecule has 0 aliphatic carbocycles. The molecule has 0 saturated carbocycles. The molecule has 0 aromatic rings. The van der Waals surface area contributed by atoms with Crippen LogP contribution in [-0.2, 0) is 0 Å². The molecule has 0 aliphatic heterocycles. The van der Waals surface area contributed by atoms with Gasteiger partial charge in [0.25, 0.3) is 0 Å². The van der Waals surface area contributed by atoms with Crippen molar-refractivity contribution >= 4 is 0 Å². The molecule has 0 fully saturated rings. The van der Waals surface area contributed by atoms with Gasteiger partial charge in [0.05, 0.1) is 0 Å². The summed E-state index contributed by atoms with van der Waals surface area (Å²) in [6, 6.07) is 0. The fourth-order valence-corrected chi connectivity index (χ4v) is 1.65. The smallest absolute Gasteiger partial charge is 0.0354 e. The summed E-state index contributed by atoms with van der Waals surface area (Å²) in [6.07, 6.45) is 1.31. The van der Waals surface area contributed by atoms with E-state index in [9.17, 15) is 0 Å². The SMILES string of the molecule is CCC(C)C(C)C(C)C(C)(C)C. The largest absolute Gasteiger partial charge is 0.0651 e. The minimum atomic E-state index is 0.461. The molecule has 0 heterocycles. The first kappa shape index (κ1) is 12.0. The molecule has 0 aromatic carbocycles. The fraction of sp³-hybridized carbons (Fsp3) is 1.00. The molecule has 0 spiro atoms. The molecular formula is C12H26. The van der Waals surface area contributed by atoms with Crippen molar-refractivity contribution in [1.29, 1.82) is 0 Å². The van der Waals surface area contributed by atoms with Crippen LogP contribution in [0.5, 0.6) is 0 Å². The third-order valence-electron chi connectivity index (χ3n) is 3.70. The van der Waals surface area contributed by atoms with Crippen LogP contribution in [0.25, 0.3) is 0 Å². The van der Waals surface area contributed by atoms with Crippen LogP contribution in [0.2, 0.25) is 0 Å². The molecule has 3 unspecified atom stereocenters. The van der Waals surface area contributed by atoms with Gasteiger partial charge in [0, 0.05) is 0 Å². The third kappa shape index (κ3) is 3.16. The molecule has 0 nitrogen and oxygen atoms in total. The highest BCUT2D eigenvalue weighted by atomic mass is 14.3. The van der Waals surface area contributed by atoms with E-state index in [0.717, 1.165) is 17.8 Å². The Hall–Kier alpha value is 0. The van der Waals surface area contributed by atoms with Gasteiger partial charge in [-0.05, 0) is 23.2 Å². The topological polar surface area (TPSA) is 0 Å². The van der Waals surface area contributed by atoms with E-state index < -0.39 is 0 Å². The predicted molar refractivity (Wildman–Crippen MR) is 57.2 cm³/mol. The molecule has 0 N–H and O–H groups in total. The second-order valence-electron chi connectivity index (χ2n) is 5.40. The van der Waals surface area contributed by atoms with Crippen LogP contribution in [0.3, 0.4) is 0 Å². The molecule has 74 valence electrons. The molecule has 0 aliphatic rings.